The number of unbranched alkanes of at least 4 members (excludes halogenated alkanes) is 1. The molecule has 0 saturated heterocycles. The van der Waals surface area contributed by atoms with Crippen molar-refractivity contribution in [2.75, 3.05) is 20.1 Å². The van der Waals surface area contributed by atoms with Crippen molar-refractivity contribution < 1.29 is 0 Å². The molecule has 0 heterocycles. The van der Waals surface area contributed by atoms with Gasteiger partial charge in [-0.3, -0.25) is 0 Å². The van der Waals surface area contributed by atoms with Crippen molar-refractivity contribution >= 4 is 0 Å². The second kappa shape index (κ2) is 6.41. The third-order valence-corrected chi connectivity index (χ3v) is 2.22. The largest absolute Gasteiger partial charge is 0.327 e. The van der Waals surface area contributed by atoms with Crippen molar-refractivity contribution in [3.05, 3.63) is 0 Å². The summed E-state index contributed by atoms with van der Waals surface area (Å²) in [6, 6.07) is 0.349. The van der Waals surface area contributed by atoms with Crippen LogP contribution in [0.25, 0.3) is 0 Å². The van der Waals surface area contributed by atoms with Crippen LogP contribution in [0.15, 0.2) is 0 Å². The van der Waals surface area contributed by atoms with Crippen molar-refractivity contribution in [2.45, 2.75) is 53.0 Å². The van der Waals surface area contributed by atoms with Crippen LogP contribution < -0.4 is 5.73 Å². The Hall–Kier alpha value is -0.0800. The zero-order valence-electron chi connectivity index (χ0n) is 10.6. The molecule has 0 spiro atoms. The van der Waals surface area contributed by atoms with Gasteiger partial charge in [0.25, 0.3) is 0 Å². The molecule has 0 radical (unpaired) electrons. The van der Waals surface area contributed by atoms with Gasteiger partial charge in [0.1, 0.15) is 0 Å². The fourth-order valence-corrected chi connectivity index (χ4v) is 1.83. The van der Waals surface area contributed by atoms with Gasteiger partial charge < -0.3 is 10.6 Å². The SMILES string of the molecule is CCCCC(N)CN(C)CC(C)(C)C. The smallest absolute Gasteiger partial charge is 0.0167 e. The Morgan fingerprint density at radius 1 is 1.29 bits per heavy atom. The minimum atomic E-state index is 0.349. The fourth-order valence-electron chi connectivity index (χ4n) is 1.83. The number of hydrogen-bond acceptors (Lipinski definition) is 2. The zero-order chi connectivity index (χ0) is 11.2. The van der Waals surface area contributed by atoms with Gasteiger partial charge in [-0.25, -0.2) is 0 Å². The molecule has 1 atom stereocenters. The molecule has 0 rings (SSSR count). The van der Waals surface area contributed by atoms with Crippen LogP contribution in [0.3, 0.4) is 0 Å². The van der Waals surface area contributed by atoms with E-state index in [0.717, 1.165) is 19.5 Å². The average Bonchev–Trinajstić information content (AvgIpc) is 1.96. The molecule has 0 aliphatic rings. The predicted molar refractivity (Wildman–Crippen MR) is 64.5 cm³/mol. The van der Waals surface area contributed by atoms with Gasteiger partial charge in [0, 0.05) is 19.1 Å². The maximum Gasteiger partial charge on any atom is 0.0167 e. The fraction of sp³-hybridized carbons (Fsp3) is 1.00. The normalized spacial score (nSPS) is 14.8. The van der Waals surface area contributed by atoms with Crippen molar-refractivity contribution in [1.29, 1.82) is 0 Å². The van der Waals surface area contributed by atoms with Crippen LogP contribution in [-0.4, -0.2) is 31.1 Å². The summed E-state index contributed by atoms with van der Waals surface area (Å²) in [5.41, 5.74) is 6.41. The number of hydrogen-bond donors (Lipinski definition) is 1. The minimum Gasteiger partial charge on any atom is -0.327 e. The topological polar surface area (TPSA) is 29.3 Å². The second-order valence-electron chi connectivity index (χ2n) is 5.66. The van der Waals surface area contributed by atoms with Crippen LogP contribution in [0.4, 0.5) is 0 Å². The van der Waals surface area contributed by atoms with E-state index in [4.69, 9.17) is 5.73 Å². The molecule has 0 aromatic carbocycles. The number of rotatable bonds is 6. The molecule has 0 aliphatic carbocycles. The molecule has 0 bridgehead atoms. The Balaban J connectivity index is 3.65. The van der Waals surface area contributed by atoms with Crippen LogP contribution in [-0.2, 0) is 0 Å². The van der Waals surface area contributed by atoms with Gasteiger partial charge in [0.15, 0.2) is 0 Å². The lowest BCUT2D eigenvalue weighted by molar-refractivity contribution is 0.214. The summed E-state index contributed by atoms with van der Waals surface area (Å²) >= 11 is 0. The Labute approximate surface area is 89.9 Å². The third-order valence-electron chi connectivity index (χ3n) is 2.22. The number of nitrogens with two attached hydrogens (primary N) is 1. The molecule has 1 unspecified atom stereocenters. The molecular formula is C12H28N2. The van der Waals surface area contributed by atoms with Gasteiger partial charge in [-0.2, -0.15) is 0 Å². The highest BCUT2D eigenvalue weighted by molar-refractivity contribution is 4.71. The Morgan fingerprint density at radius 3 is 2.29 bits per heavy atom. The predicted octanol–water partition coefficient (Wildman–Crippen LogP) is 2.48. The van der Waals surface area contributed by atoms with E-state index in [-0.39, 0.29) is 0 Å². The zero-order valence-corrected chi connectivity index (χ0v) is 10.6. The standard InChI is InChI=1S/C12H28N2/c1-6-7-8-11(13)9-14(5)10-12(2,3)4/h11H,6-10,13H2,1-5H3. The van der Waals surface area contributed by atoms with E-state index in [9.17, 15) is 0 Å². The van der Waals surface area contributed by atoms with Gasteiger partial charge >= 0.3 is 0 Å². The monoisotopic (exact) mass is 200 g/mol. The van der Waals surface area contributed by atoms with Crippen molar-refractivity contribution in [1.82, 2.24) is 4.90 Å². The molecule has 86 valence electrons. The van der Waals surface area contributed by atoms with E-state index in [1.165, 1.54) is 12.8 Å². The van der Waals surface area contributed by atoms with Crippen molar-refractivity contribution in [3.8, 4) is 0 Å². The minimum absolute atomic E-state index is 0.349. The van der Waals surface area contributed by atoms with Gasteiger partial charge in [-0.1, -0.05) is 40.5 Å². The van der Waals surface area contributed by atoms with Crippen LogP contribution in [0.1, 0.15) is 47.0 Å². The first-order chi connectivity index (χ1) is 6.35. The van der Waals surface area contributed by atoms with Gasteiger partial charge in [-0.15, -0.1) is 0 Å². The van der Waals surface area contributed by atoms with Crippen LogP contribution >= 0.6 is 0 Å². The maximum absolute atomic E-state index is 6.04. The van der Waals surface area contributed by atoms with Gasteiger partial charge in [0.2, 0.25) is 0 Å². The Morgan fingerprint density at radius 2 is 1.86 bits per heavy atom. The second-order valence-corrected chi connectivity index (χ2v) is 5.66. The summed E-state index contributed by atoms with van der Waals surface area (Å²) in [6.07, 6.45) is 3.66. The highest BCUT2D eigenvalue weighted by Gasteiger charge is 2.14. The molecule has 2 N–H and O–H groups in total. The van der Waals surface area contributed by atoms with Crippen LogP contribution in [0.5, 0.6) is 0 Å². The van der Waals surface area contributed by atoms with Crippen molar-refractivity contribution in [3.63, 3.8) is 0 Å². The highest BCUT2D eigenvalue weighted by Crippen LogP contribution is 2.14. The van der Waals surface area contributed by atoms with Crippen LogP contribution in [0.2, 0.25) is 0 Å². The molecule has 2 nitrogen and oxygen atoms in total. The first-order valence-electron chi connectivity index (χ1n) is 5.79. The van der Waals surface area contributed by atoms with E-state index >= 15 is 0 Å². The maximum atomic E-state index is 6.04. The third kappa shape index (κ3) is 8.52. The van der Waals surface area contributed by atoms with Crippen molar-refractivity contribution in [2.24, 2.45) is 11.1 Å². The Bertz CT molecular complexity index is 138. The molecule has 2 heteroatoms. The molecule has 0 aromatic rings. The van der Waals surface area contributed by atoms with E-state index in [0.29, 0.717) is 11.5 Å². The van der Waals surface area contributed by atoms with E-state index < -0.39 is 0 Å². The highest BCUT2D eigenvalue weighted by atomic mass is 15.1. The molecule has 0 fully saturated rings. The average molecular weight is 200 g/mol. The van der Waals surface area contributed by atoms with E-state index in [1.807, 2.05) is 0 Å². The van der Waals surface area contributed by atoms with E-state index in [2.05, 4.69) is 39.6 Å². The lowest BCUT2D eigenvalue weighted by Gasteiger charge is -2.28. The molecule has 0 amide bonds. The van der Waals surface area contributed by atoms with Crippen LogP contribution in [0, 0.1) is 5.41 Å². The summed E-state index contributed by atoms with van der Waals surface area (Å²) in [4.78, 5) is 2.35. The molecule has 14 heavy (non-hydrogen) atoms. The molecule has 0 aromatic heterocycles. The Kier molecular flexibility index (Phi) is 6.38. The molecule has 0 aliphatic heterocycles. The summed E-state index contributed by atoms with van der Waals surface area (Å²) < 4.78 is 0. The number of likely N-dealkylation sites (N-methyl/N-ethyl adjacent to an activating group) is 1. The summed E-state index contributed by atoms with van der Waals surface area (Å²) in [7, 11) is 2.16. The lowest BCUT2D eigenvalue weighted by Crippen LogP contribution is -2.39. The summed E-state index contributed by atoms with van der Waals surface area (Å²) in [6.45, 7) is 11.2. The molecule has 0 saturated carbocycles. The quantitative estimate of drug-likeness (QED) is 0.714. The number of nitrogens with zero attached hydrogens (tertiary/aromatic N) is 1. The van der Waals surface area contributed by atoms with Gasteiger partial charge in [-0.05, 0) is 18.9 Å². The first kappa shape index (κ1) is 13.9. The van der Waals surface area contributed by atoms with E-state index in [1.54, 1.807) is 0 Å². The lowest BCUT2D eigenvalue weighted by atomic mass is 9.96. The summed E-state index contributed by atoms with van der Waals surface area (Å²) in [5, 5.41) is 0. The summed E-state index contributed by atoms with van der Waals surface area (Å²) in [5.74, 6) is 0. The van der Waals surface area contributed by atoms with Gasteiger partial charge in [0.05, 0.1) is 0 Å². The first-order valence-corrected chi connectivity index (χ1v) is 5.79. The molecular weight excluding hydrogens is 172 g/mol.